The molecule has 1 saturated heterocycles. The second-order valence-electron chi connectivity index (χ2n) is 9.15. The zero-order chi connectivity index (χ0) is 26.9. The van der Waals surface area contributed by atoms with Crippen molar-refractivity contribution in [1.82, 2.24) is 15.5 Å². The van der Waals surface area contributed by atoms with Gasteiger partial charge in [-0.25, -0.2) is 9.59 Å². The maximum Gasteiger partial charge on any atom is 0.408 e. The molecule has 37 heavy (non-hydrogen) atoms. The van der Waals surface area contributed by atoms with Crippen LogP contribution in [-0.2, 0) is 23.9 Å². The smallest absolute Gasteiger partial charge is 0.408 e. The number of alkyl halides is 3. The number of thioether (sulfide) groups is 1. The maximum absolute atomic E-state index is 13.3. The number of β-lactam (4-membered cyclic amide) rings is 1. The van der Waals surface area contributed by atoms with Gasteiger partial charge in [0.25, 0.3) is 5.91 Å². The molecular formula is C24H26Cl3N3O6S. The maximum atomic E-state index is 13.3. The Labute approximate surface area is 233 Å². The zero-order valence-electron chi connectivity index (χ0n) is 20.0. The van der Waals surface area contributed by atoms with Crippen molar-refractivity contribution in [3.8, 4) is 0 Å². The summed E-state index contributed by atoms with van der Waals surface area (Å²) in [6, 6.07) is 6.68. The molecule has 1 aromatic carbocycles. The molecule has 4 rings (SSSR count). The minimum absolute atomic E-state index is 0.0730. The van der Waals surface area contributed by atoms with Gasteiger partial charge in [0.15, 0.2) is 0 Å². The first-order chi connectivity index (χ1) is 17.5. The molecule has 0 bridgehead atoms. The number of esters is 1. The largest absolute Gasteiger partial charge is 0.456 e. The van der Waals surface area contributed by atoms with Crippen LogP contribution in [0.5, 0.6) is 0 Å². The van der Waals surface area contributed by atoms with E-state index in [1.54, 1.807) is 37.3 Å². The third kappa shape index (κ3) is 6.66. The van der Waals surface area contributed by atoms with Crippen LogP contribution >= 0.6 is 46.6 Å². The van der Waals surface area contributed by atoms with E-state index in [-0.39, 0.29) is 11.8 Å². The lowest BCUT2D eigenvalue weighted by molar-refractivity contribution is -0.153. The highest BCUT2D eigenvalue weighted by Crippen LogP contribution is 2.41. The van der Waals surface area contributed by atoms with Crippen LogP contribution < -0.4 is 10.6 Å². The van der Waals surface area contributed by atoms with Crippen molar-refractivity contribution < 1.29 is 28.7 Å². The first-order valence-corrected chi connectivity index (χ1v) is 13.9. The summed E-state index contributed by atoms with van der Waals surface area (Å²) in [6.45, 7) is 3.05. The third-order valence-corrected chi connectivity index (χ3v) is 8.00. The highest BCUT2D eigenvalue weighted by atomic mass is 35.6. The number of carbonyl (C=O) groups excluding carboxylic acids is 4. The summed E-state index contributed by atoms with van der Waals surface area (Å²) in [4.78, 5) is 52.9. The Morgan fingerprint density at radius 3 is 2.49 bits per heavy atom. The van der Waals surface area contributed by atoms with Crippen molar-refractivity contribution >= 4 is 70.4 Å². The fourth-order valence-electron chi connectivity index (χ4n) is 4.14. The molecule has 1 saturated carbocycles. The van der Waals surface area contributed by atoms with Gasteiger partial charge in [0, 0.05) is 5.75 Å². The van der Waals surface area contributed by atoms with E-state index in [4.69, 9.17) is 44.3 Å². The van der Waals surface area contributed by atoms with E-state index in [2.05, 4.69) is 10.6 Å². The number of hydrogen-bond donors (Lipinski definition) is 2. The standard InChI is InChI=1S/C24H26Cl3N3O6S/c1-12-10-37-21-17(20(32)30(21)18(12)22(33)35-11-24(25,26)27)28-19(31)16(15-6-4-3-5-7-15)29-23(34)36-13(2)14-8-9-14/h3-7,13-14,16-17,21H,8-11H2,1-2H3,(H,28,31)(H,29,34)/t13?,16?,17?,21-/m0/s1. The van der Waals surface area contributed by atoms with E-state index in [1.165, 1.54) is 16.7 Å². The molecule has 0 spiro atoms. The summed E-state index contributed by atoms with van der Waals surface area (Å²) in [6.07, 6.45) is 1.04. The van der Waals surface area contributed by atoms with Crippen LogP contribution in [0.25, 0.3) is 0 Å². The van der Waals surface area contributed by atoms with Crippen molar-refractivity contribution in [2.75, 3.05) is 12.4 Å². The molecule has 4 atom stereocenters. The predicted molar refractivity (Wildman–Crippen MR) is 140 cm³/mol. The fourth-order valence-corrected chi connectivity index (χ4v) is 5.60. The molecule has 3 aliphatic rings. The summed E-state index contributed by atoms with van der Waals surface area (Å²) in [7, 11) is 0. The number of ether oxygens (including phenoxy) is 2. The van der Waals surface area contributed by atoms with Crippen LogP contribution in [0.15, 0.2) is 41.6 Å². The summed E-state index contributed by atoms with van der Waals surface area (Å²) in [5.41, 5.74) is 1.23. The molecule has 2 aliphatic heterocycles. The summed E-state index contributed by atoms with van der Waals surface area (Å²) in [5.74, 6) is -1.08. The van der Waals surface area contributed by atoms with Gasteiger partial charge < -0.3 is 20.1 Å². The number of fused-ring (bicyclic) bond motifs is 1. The van der Waals surface area contributed by atoms with E-state index in [1.807, 2.05) is 6.92 Å². The average Bonchev–Trinajstić information content (AvgIpc) is 3.70. The zero-order valence-corrected chi connectivity index (χ0v) is 23.1. The number of alkyl carbamates (subject to hydrolysis) is 1. The van der Waals surface area contributed by atoms with Gasteiger partial charge in [-0.2, -0.15) is 0 Å². The predicted octanol–water partition coefficient (Wildman–Crippen LogP) is 3.84. The molecule has 9 nitrogen and oxygen atoms in total. The molecule has 1 aliphatic carbocycles. The number of hydrogen-bond acceptors (Lipinski definition) is 7. The first-order valence-electron chi connectivity index (χ1n) is 11.7. The van der Waals surface area contributed by atoms with Crippen molar-refractivity contribution in [2.24, 2.45) is 5.92 Å². The molecule has 0 aromatic heterocycles. The molecule has 1 aromatic rings. The Bertz CT molecular complexity index is 1110. The second kappa shape index (κ2) is 11.3. The van der Waals surface area contributed by atoms with Crippen molar-refractivity contribution in [2.45, 2.75) is 54.0 Å². The lowest BCUT2D eigenvalue weighted by Gasteiger charge is -2.49. The van der Waals surface area contributed by atoms with Gasteiger partial charge in [0.05, 0.1) is 0 Å². The molecule has 2 N–H and O–H groups in total. The number of benzene rings is 1. The lowest BCUT2D eigenvalue weighted by atomic mass is 10.0. The number of halogens is 3. The normalized spacial score (nSPS) is 22.8. The van der Waals surface area contributed by atoms with Gasteiger partial charge in [0.2, 0.25) is 9.70 Å². The monoisotopic (exact) mass is 589 g/mol. The van der Waals surface area contributed by atoms with Crippen LogP contribution in [0.1, 0.15) is 38.3 Å². The molecule has 3 amide bonds. The van der Waals surface area contributed by atoms with Crippen molar-refractivity contribution in [3.63, 3.8) is 0 Å². The number of rotatable bonds is 8. The molecular weight excluding hydrogens is 565 g/mol. The Morgan fingerprint density at radius 2 is 1.86 bits per heavy atom. The Balaban J connectivity index is 1.44. The van der Waals surface area contributed by atoms with Crippen molar-refractivity contribution in [1.29, 1.82) is 0 Å². The lowest BCUT2D eigenvalue weighted by Crippen LogP contribution is -2.71. The molecule has 0 radical (unpaired) electrons. The SMILES string of the molecule is CC1=C(C(=O)OCC(Cl)(Cl)Cl)N2C(=O)C(NC(=O)C(NC(=O)OC(C)C3CC3)c3ccccc3)[C@@H]2SC1. The summed E-state index contributed by atoms with van der Waals surface area (Å²) in [5, 5.41) is 4.82. The van der Waals surface area contributed by atoms with Crippen LogP contribution in [0.2, 0.25) is 0 Å². The van der Waals surface area contributed by atoms with E-state index >= 15 is 0 Å². The van der Waals surface area contributed by atoms with Crippen LogP contribution in [0.4, 0.5) is 4.79 Å². The van der Waals surface area contributed by atoms with Gasteiger partial charge >= 0.3 is 12.1 Å². The molecule has 2 fully saturated rings. The fraction of sp³-hybridized carbons (Fsp3) is 0.500. The highest BCUT2D eigenvalue weighted by molar-refractivity contribution is 8.00. The highest BCUT2D eigenvalue weighted by Gasteiger charge is 2.54. The molecule has 3 unspecified atom stereocenters. The average molecular weight is 591 g/mol. The molecule has 13 heteroatoms. The van der Waals surface area contributed by atoms with Crippen LogP contribution in [-0.4, -0.2) is 62.4 Å². The minimum Gasteiger partial charge on any atom is -0.456 e. The Hall–Kier alpha value is -2.14. The summed E-state index contributed by atoms with van der Waals surface area (Å²) < 4.78 is 8.72. The van der Waals surface area contributed by atoms with Crippen LogP contribution in [0, 0.1) is 5.92 Å². The Morgan fingerprint density at radius 1 is 1.19 bits per heavy atom. The van der Waals surface area contributed by atoms with Crippen LogP contribution in [0.3, 0.4) is 0 Å². The van der Waals surface area contributed by atoms with Gasteiger partial charge in [-0.3, -0.25) is 14.5 Å². The van der Waals surface area contributed by atoms with Gasteiger partial charge in [-0.1, -0.05) is 65.1 Å². The van der Waals surface area contributed by atoms with E-state index < -0.39 is 51.7 Å². The van der Waals surface area contributed by atoms with E-state index in [0.29, 0.717) is 22.8 Å². The number of nitrogens with one attached hydrogen (secondary N) is 2. The topological polar surface area (TPSA) is 114 Å². The molecule has 2 heterocycles. The third-order valence-electron chi connectivity index (χ3n) is 6.25. The van der Waals surface area contributed by atoms with Gasteiger partial charge in [-0.15, -0.1) is 11.8 Å². The Kier molecular flexibility index (Phi) is 8.52. The summed E-state index contributed by atoms with van der Waals surface area (Å²) >= 11 is 18.4. The number of nitrogens with zero attached hydrogens (tertiary/aromatic N) is 1. The van der Waals surface area contributed by atoms with E-state index in [9.17, 15) is 19.2 Å². The molecule has 200 valence electrons. The number of amides is 3. The number of carbonyl (C=O) groups is 4. The second-order valence-corrected chi connectivity index (χ2v) is 12.8. The van der Waals surface area contributed by atoms with Gasteiger partial charge in [-0.05, 0) is 43.7 Å². The van der Waals surface area contributed by atoms with E-state index in [0.717, 1.165) is 12.8 Å². The minimum atomic E-state index is -1.79. The quantitative estimate of drug-likeness (QED) is 0.269. The van der Waals surface area contributed by atoms with Crippen molar-refractivity contribution in [3.05, 3.63) is 47.2 Å². The first kappa shape index (κ1) is 27.9. The van der Waals surface area contributed by atoms with Gasteiger partial charge in [0.1, 0.15) is 35.9 Å².